The molecule has 1 aromatic carbocycles. The van der Waals surface area contributed by atoms with E-state index in [1.54, 1.807) is 18.4 Å². The fourth-order valence-electron chi connectivity index (χ4n) is 2.01. The summed E-state index contributed by atoms with van der Waals surface area (Å²) in [6.07, 6.45) is 0. The summed E-state index contributed by atoms with van der Waals surface area (Å²) in [4.78, 5) is 1.18. The van der Waals surface area contributed by atoms with Crippen molar-refractivity contribution in [2.75, 3.05) is 27.4 Å². The Morgan fingerprint density at radius 3 is 2.67 bits per heavy atom. The van der Waals surface area contributed by atoms with Crippen LogP contribution in [0, 0.1) is 0 Å². The van der Waals surface area contributed by atoms with E-state index in [2.05, 4.69) is 33.4 Å². The van der Waals surface area contributed by atoms with Gasteiger partial charge in [-0.1, -0.05) is 17.7 Å². The first-order chi connectivity index (χ1) is 10.2. The summed E-state index contributed by atoms with van der Waals surface area (Å²) in [5.74, 6) is 0.815. The largest absolute Gasteiger partial charge is 0.490 e. The molecule has 0 aliphatic heterocycles. The Hall–Kier alpha value is -0.590. The van der Waals surface area contributed by atoms with Crippen molar-refractivity contribution in [1.82, 2.24) is 5.32 Å². The minimum atomic E-state index is 0.117. The minimum Gasteiger partial charge on any atom is -0.490 e. The van der Waals surface area contributed by atoms with E-state index in [0.717, 1.165) is 20.1 Å². The van der Waals surface area contributed by atoms with Crippen molar-refractivity contribution in [3.05, 3.63) is 49.6 Å². The molecule has 0 aliphatic carbocycles. The first kappa shape index (κ1) is 16.8. The quantitative estimate of drug-likeness (QED) is 0.706. The molecule has 0 aliphatic rings. The monoisotopic (exact) mass is 389 g/mol. The molecule has 0 spiro atoms. The van der Waals surface area contributed by atoms with Crippen LogP contribution >= 0.6 is 38.9 Å². The lowest BCUT2D eigenvalue weighted by Crippen LogP contribution is -2.16. The van der Waals surface area contributed by atoms with Gasteiger partial charge < -0.3 is 14.8 Å². The predicted molar refractivity (Wildman–Crippen MR) is 91.7 cm³/mol. The summed E-state index contributed by atoms with van der Waals surface area (Å²) in [5, 5.41) is 3.32. The van der Waals surface area contributed by atoms with Crippen molar-refractivity contribution in [3.8, 4) is 5.75 Å². The Bertz CT molecular complexity index is 591. The topological polar surface area (TPSA) is 30.5 Å². The van der Waals surface area contributed by atoms with Gasteiger partial charge in [-0.3, -0.25) is 0 Å². The van der Waals surface area contributed by atoms with Crippen molar-refractivity contribution in [3.63, 3.8) is 0 Å². The number of thiophene rings is 1. The molecular formula is C15H17BrClNO2S. The van der Waals surface area contributed by atoms with Crippen LogP contribution in [0.25, 0.3) is 0 Å². The summed E-state index contributed by atoms with van der Waals surface area (Å²) in [6.45, 7) is 1.10. The normalized spacial score (nSPS) is 12.4. The average Bonchev–Trinajstić information content (AvgIpc) is 2.88. The molecule has 0 saturated heterocycles. The highest BCUT2D eigenvalue weighted by Crippen LogP contribution is 2.34. The van der Waals surface area contributed by atoms with Gasteiger partial charge in [0.25, 0.3) is 0 Å². The van der Waals surface area contributed by atoms with E-state index in [4.69, 9.17) is 21.1 Å². The lowest BCUT2D eigenvalue weighted by atomic mass is 10.1. The van der Waals surface area contributed by atoms with Crippen LogP contribution in [0.2, 0.25) is 4.34 Å². The second-order valence-electron chi connectivity index (χ2n) is 4.39. The van der Waals surface area contributed by atoms with Gasteiger partial charge in [-0.05, 0) is 52.8 Å². The maximum Gasteiger partial charge on any atom is 0.133 e. The van der Waals surface area contributed by atoms with Crippen molar-refractivity contribution < 1.29 is 9.47 Å². The van der Waals surface area contributed by atoms with Gasteiger partial charge in [0.2, 0.25) is 0 Å². The average molecular weight is 391 g/mol. The SMILES string of the molecule is CNC(c1ccc(OCCOC)c(Br)c1)c1ccc(Cl)s1. The first-order valence-corrected chi connectivity index (χ1v) is 8.48. The highest BCUT2D eigenvalue weighted by atomic mass is 79.9. The lowest BCUT2D eigenvalue weighted by Gasteiger charge is -2.17. The van der Waals surface area contributed by atoms with Gasteiger partial charge in [0.1, 0.15) is 12.4 Å². The summed E-state index contributed by atoms with van der Waals surface area (Å²) < 4.78 is 12.4. The highest BCUT2D eigenvalue weighted by Gasteiger charge is 2.15. The molecule has 2 rings (SSSR count). The van der Waals surface area contributed by atoms with Gasteiger partial charge in [0.15, 0.2) is 0 Å². The van der Waals surface area contributed by atoms with Gasteiger partial charge in [-0.2, -0.15) is 0 Å². The molecule has 1 atom stereocenters. The molecule has 0 bridgehead atoms. The van der Waals surface area contributed by atoms with Gasteiger partial charge in [-0.25, -0.2) is 0 Å². The van der Waals surface area contributed by atoms with E-state index < -0.39 is 0 Å². The number of ether oxygens (including phenoxy) is 2. The molecule has 1 unspecified atom stereocenters. The maximum atomic E-state index is 6.03. The number of hydrogen-bond acceptors (Lipinski definition) is 4. The number of nitrogens with one attached hydrogen (secondary N) is 1. The van der Waals surface area contributed by atoms with Gasteiger partial charge in [-0.15, -0.1) is 11.3 Å². The lowest BCUT2D eigenvalue weighted by molar-refractivity contribution is 0.146. The molecule has 3 nitrogen and oxygen atoms in total. The second kappa shape index (κ2) is 8.15. The maximum absolute atomic E-state index is 6.03. The molecular weight excluding hydrogens is 374 g/mol. The molecule has 114 valence electrons. The van der Waals surface area contributed by atoms with Crippen molar-refractivity contribution in [1.29, 1.82) is 0 Å². The van der Waals surface area contributed by atoms with Gasteiger partial charge in [0.05, 0.1) is 21.5 Å². The van der Waals surface area contributed by atoms with Crippen LogP contribution in [0.15, 0.2) is 34.8 Å². The highest BCUT2D eigenvalue weighted by molar-refractivity contribution is 9.10. The zero-order valence-corrected chi connectivity index (χ0v) is 15.0. The fraction of sp³-hybridized carbons (Fsp3) is 0.333. The Morgan fingerprint density at radius 2 is 2.10 bits per heavy atom. The standard InChI is InChI=1S/C15H17BrClNO2S/c1-18-15(13-5-6-14(17)21-13)10-3-4-12(11(16)9-10)20-8-7-19-2/h3-6,9,15,18H,7-8H2,1-2H3. The van der Waals surface area contributed by atoms with Gasteiger partial charge in [0, 0.05) is 12.0 Å². The van der Waals surface area contributed by atoms with Crippen molar-refractivity contribution in [2.45, 2.75) is 6.04 Å². The number of methoxy groups -OCH3 is 1. The zero-order chi connectivity index (χ0) is 15.2. The van der Waals surface area contributed by atoms with Crippen LogP contribution in [-0.4, -0.2) is 27.4 Å². The van der Waals surface area contributed by atoms with Crippen LogP contribution in [0.1, 0.15) is 16.5 Å². The number of hydrogen-bond donors (Lipinski definition) is 1. The summed E-state index contributed by atoms with van der Waals surface area (Å²) in [5.41, 5.74) is 1.15. The van der Waals surface area contributed by atoms with E-state index >= 15 is 0 Å². The van der Waals surface area contributed by atoms with Gasteiger partial charge >= 0.3 is 0 Å². The smallest absolute Gasteiger partial charge is 0.133 e. The minimum absolute atomic E-state index is 0.117. The third-order valence-corrected chi connectivity index (χ3v) is 4.92. The summed E-state index contributed by atoms with van der Waals surface area (Å²) in [6, 6.07) is 10.2. The predicted octanol–water partition coefficient (Wildman–Crippen LogP) is 4.50. The van der Waals surface area contributed by atoms with Crippen LogP contribution in [-0.2, 0) is 4.74 Å². The number of halogens is 2. The zero-order valence-electron chi connectivity index (χ0n) is 11.9. The van der Waals surface area contributed by atoms with E-state index in [-0.39, 0.29) is 6.04 Å². The van der Waals surface area contributed by atoms with E-state index in [9.17, 15) is 0 Å². The molecule has 1 aromatic heterocycles. The molecule has 21 heavy (non-hydrogen) atoms. The van der Waals surface area contributed by atoms with Crippen molar-refractivity contribution in [2.24, 2.45) is 0 Å². The Morgan fingerprint density at radius 1 is 1.29 bits per heavy atom. The molecule has 0 radical (unpaired) electrons. The summed E-state index contributed by atoms with van der Waals surface area (Å²) in [7, 11) is 3.60. The fourth-order valence-corrected chi connectivity index (χ4v) is 3.72. The van der Waals surface area contributed by atoms with Crippen LogP contribution in [0.3, 0.4) is 0 Å². The number of benzene rings is 1. The molecule has 2 aromatic rings. The molecule has 0 amide bonds. The second-order valence-corrected chi connectivity index (χ2v) is 7.00. The van der Waals surface area contributed by atoms with E-state index in [0.29, 0.717) is 13.2 Å². The summed E-state index contributed by atoms with van der Waals surface area (Å²) >= 11 is 11.2. The Balaban J connectivity index is 2.17. The molecule has 0 fully saturated rings. The molecule has 1 heterocycles. The molecule has 6 heteroatoms. The third-order valence-electron chi connectivity index (χ3n) is 3.00. The van der Waals surface area contributed by atoms with E-state index in [1.807, 2.05) is 25.2 Å². The third kappa shape index (κ3) is 4.44. The number of rotatable bonds is 7. The molecule has 1 N–H and O–H groups in total. The Kier molecular flexibility index (Phi) is 6.51. The van der Waals surface area contributed by atoms with Crippen LogP contribution < -0.4 is 10.1 Å². The van der Waals surface area contributed by atoms with Crippen LogP contribution in [0.5, 0.6) is 5.75 Å². The van der Waals surface area contributed by atoms with Crippen LogP contribution in [0.4, 0.5) is 0 Å². The Labute approximate surface area is 142 Å². The van der Waals surface area contributed by atoms with Crippen molar-refractivity contribution >= 4 is 38.9 Å². The first-order valence-electron chi connectivity index (χ1n) is 6.49. The molecule has 0 saturated carbocycles. The van der Waals surface area contributed by atoms with E-state index in [1.165, 1.54) is 4.88 Å².